The van der Waals surface area contributed by atoms with Crippen molar-refractivity contribution < 1.29 is 13.2 Å². The summed E-state index contributed by atoms with van der Waals surface area (Å²) in [7, 11) is -3.69. The number of carbonyl (C=O) groups is 1. The SMILES string of the molecule is CCc1ccc(NS(=O)(=O)c2cc(C(=O)N3CCCCCC3)cs2)cc1. The first-order chi connectivity index (χ1) is 12.5. The zero-order chi connectivity index (χ0) is 18.6. The van der Waals surface area contributed by atoms with Gasteiger partial charge in [-0.05, 0) is 43.0 Å². The summed E-state index contributed by atoms with van der Waals surface area (Å²) in [6.07, 6.45) is 5.22. The number of hydrogen-bond acceptors (Lipinski definition) is 4. The van der Waals surface area contributed by atoms with Crippen LogP contribution < -0.4 is 4.72 Å². The molecule has 0 radical (unpaired) electrons. The third-order valence-electron chi connectivity index (χ3n) is 4.59. The van der Waals surface area contributed by atoms with Crippen molar-refractivity contribution in [3.63, 3.8) is 0 Å². The molecule has 5 nitrogen and oxygen atoms in total. The largest absolute Gasteiger partial charge is 0.339 e. The van der Waals surface area contributed by atoms with Gasteiger partial charge in [-0.2, -0.15) is 0 Å². The number of nitrogens with zero attached hydrogens (tertiary/aromatic N) is 1. The number of nitrogens with one attached hydrogen (secondary N) is 1. The van der Waals surface area contributed by atoms with Crippen LogP contribution >= 0.6 is 11.3 Å². The first-order valence-corrected chi connectivity index (χ1v) is 11.4. The topological polar surface area (TPSA) is 66.5 Å². The van der Waals surface area contributed by atoms with Gasteiger partial charge in [0.25, 0.3) is 15.9 Å². The summed E-state index contributed by atoms with van der Waals surface area (Å²) in [6.45, 7) is 3.55. The molecule has 2 heterocycles. The Labute approximate surface area is 159 Å². The Morgan fingerprint density at radius 1 is 1.12 bits per heavy atom. The molecule has 2 aromatic rings. The summed E-state index contributed by atoms with van der Waals surface area (Å²) < 4.78 is 27.9. The first kappa shape index (κ1) is 18.9. The summed E-state index contributed by atoms with van der Waals surface area (Å²) >= 11 is 1.08. The van der Waals surface area contributed by atoms with Crippen LogP contribution in [0.5, 0.6) is 0 Å². The van der Waals surface area contributed by atoms with Crippen LogP contribution in [0.2, 0.25) is 0 Å². The van der Waals surface area contributed by atoms with Crippen LogP contribution in [-0.4, -0.2) is 32.3 Å². The van der Waals surface area contributed by atoms with Gasteiger partial charge in [0.05, 0.1) is 5.56 Å². The lowest BCUT2D eigenvalue weighted by Gasteiger charge is -2.19. The van der Waals surface area contributed by atoms with E-state index in [1.165, 1.54) is 6.07 Å². The van der Waals surface area contributed by atoms with Crippen LogP contribution in [0.1, 0.15) is 48.5 Å². The maximum absolute atomic E-state index is 12.6. The molecule has 3 rings (SSSR count). The van der Waals surface area contributed by atoms with E-state index in [4.69, 9.17) is 0 Å². The van der Waals surface area contributed by atoms with Crippen LogP contribution in [0.4, 0.5) is 5.69 Å². The van der Waals surface area contributed by atoms with E-state index in [2.05, 4.69) is 4.72 Å². The highest BCUT2D eigenvalue weighted by atomic mass is 32.2. The van der Waals surface area contributed by atoms with E-state index >= 15 is 0 Å². The quantitative estimate of drug-likeness (QED) is 0.832. The van der Waals surface area contributed by atoms with Gasteiger partial charge >= 0.3 is 0 Å². The van der Waals surface area contributed by atoms with Crippen molar-refractivity contribution in [3.8, 4) is 0 Å². The van der Waals surface area contributed by atoms with Gasteiger partial charge in [-0.15, -0.1) is 11.3 Å². The molecule has 7 heteroatoms. The number of carbonyl (C=O) groups excluding carboxylic acids is 1. The number of thiophene rings is 1. The van der Waals surface area contributed by atoms with E-state index < -0.39 is 10.0 Å². The highest BCUT2D eigenvalue weighted by molar-refractivity contribution is 7.94. The molecule has 1 aromatic carbocycles. The minimum Gasteiger partial charge on any atom is -0.339 e. The van der Waals surface area contributed by atoms with Gasteiger partial charge in [0.15, 0.2) is 0 Å². The van der Waals surface area contributed by atoms with Crippen molar-refractivity contribution in [2.45, 2.75) is 43.2 Å². The fourth-order valence-corrected chi connectivity index (χ4v) is 5.25. The Kier molecular flexibility index (Phi) is 5.98. The minimum atomic E-state index is -3.69. The van der Waals surface area contributed by atoms with Crippen LogP contribution in [-0.2, 0) is 16.4 Å². The first-order valence-electron chi connectivity index (χ1n) is 8.99. The number of rotatable bonds is 5. The van der Waals surface area contributed by atoms with Crippen LogP contribution in [0.3, 0.4) is 0 Å². The third kappa shape index (κ3) is 4.45. The highest BCUT2D eigenvalue weighted by Crippen LogP contribution is 2.25. The Morgan fingerprint density at radius 2 is 1.77 bits per heavy atom. The average Bonchev–Trinajstić information content (AvgIpc) is 2.99. The van der Waals surface area contributed by atoms with Crippen LogP contribution in [0, 0.1) is 0 Å². The number of benzene rings is 1. The molecule has 1 amide bonds. The van der Waals surface area contributed by atoms with Crippen LogP contribution in [0.15, 0.2) is 39.9 Å². The number of hydrogen-bond donors (Lipinski definition) is 1. The van der Waals surface area contributed by atoms with E-state index in [0.717, 1.165) is 62.1 Å². The second-order valence-corrected chi connectivity index (χ2v) is 9.34. The number of sulfonamides is 1. The van der Waals surface area contributed by atoms with Crippen molar-refractivity contribution in [1.82, 2.24) is 4.90 Å². The smallest absolute Gasteiger partial charge is 0.271 e. The second-order valence-electron chi connectivity index (χ2n) is 6.52. The Hall–Kier alpha value is -1.86. The molecular formula is C19H24N2O3S2. The Bertz CT molecular complexity index is 849. The lowest BCUT2D eigenvalue weighted by Crippen LogP contribution is -2.31. The lowest BCUT2D eigenvalue weighted by molar-refractivity contribution is 0.0762. The summed E-state index contributed by atoms with van der Waals surface area (Å²) in [6, 6.07) is 8.81. The van der Waals surface area contributed by atoms with Crippen molar-refractivity contribution in [3.05, 3.63) is 46.8 Å². The third-order valence-corrected chi connectivity index (χ3v) is 7.42. The number of likely N-dealkylation sites (tertiary alicyclic amines) is 1. The van der Waals surface area contributed by atoms with Gasteiger partial charge in [0.2, 0.25) is 0 Å². The van der Waals surface area contributed by atoms with Gasteiger partial charge in [-0.3, -0.25) is 9.52 Å². The standard InChI is InChI=1S/C19H24N2O3S2/c1-2-15-7-9-17(10-8-15)20-26(23,24)18-13-16(14-25-18)19(22)21-11-5-3-4-6-12-21/h7-10,13-14,20H,2-6,11-12H2,1H3. The number of amides is 1. The highest BCUT2D eigenvalue weighted by Gasteiger charge is 2.22. The van der Waals surface area contributed by atoms with Gasteiger partial charge in [-0.25, -0.2) is 8.42 Å². The second kappa shape index (κ2) is 8.22. The van der Waals surface area contributed by atoms with Gasteiger partial charge in [0, 0.05) is 24.2 Å². The molecule has 0 saturated carbocycles. The molecule has 0 aliphatic carbocycles. The zero-order valence-electron chi connectivity index (χ0n) is 14.9. The van der Waals surface area contributed by atoms with E-state index in [-0.39, 0.29) is 10.1 Å². The fraction of sp³-hybridized carbons (Fsp3) is 0.421. The molecule has 1 fully saturated rings. The van der Waals surface area contributed by atoms with Gasteiger partial charge in [-0.1, -0.05) is 31.9 Å². The average molecular weight is 393 g/mol. The molecule has 0 spiro atoms. The summed E-state index contributed by atoms with van der Waals surface area (Å²) in [5.41, 5.74) is 2.13. The molecule has 1 aliphatic heterocycles. The van der Waals surface area contributed by atoms with E-state index in [1.54, 1.807) is 17.5 Å². The molecule has 0 atom stereocenters. The summed E-state index contributed by atoms with van der Waals surface area (Å²) in [5, 5.41) is 1.64. The fourth-order valence-electron chi connectivity index (χ4n) is 3.04. The summed E-state index contributed by atoms with van der Waals surface area (Å²) in [4.78, 5) is 14.5. The van der Waals surface area contributed by atoms with E-state index in [0.29, 0.717) is 11.3 Å². The van der Waals surface area contributed by atoms with E-state index in [1.807, 2.05) is 24.0 Å². The van der Waals surface area contributed by atoms with E-state index in [9.17, 15) is 13.2 Å². The molecule has 1 aliphatic rings. The maximum atomic E-state index is 12.6. The van der Waals surface area contributed by atoms with Gasteiger partial charge < -0.3 is 4.90 Å². The Morgan fingerprint density at radius 3 is 2.38 bits per heavy atom. The molecule has 0 unspecified atom stereocenters. The van der Waals surface area contributed by atoms with Gasteiger partial charge in [0.1, 0.15) is 4.21 Å². The van der Waals surface area contributed by atoms with Crippen molar-refractivity contribution in [1.29, 1.82) is 0 Å². The molecule has 26 heavy (non-hydrogen) atoms. The van der Waals surface area contributed by atoms with Crippen molar-refractivity contribution in [2.75, 3.05) is 17.8 Å². The normalized spacial score (nSPS) is 15.5. The zero-order valence-corrected chi connectivity index (χ0v) is 16.5. The van der Waals surface area contributed by atoms with Crippen molar-refractivity contribution in [2.24, 2.45) is 0 Å². The summed E-state index contributed by atoms with van der Waals surface area (Å²) in [5.74, 6) is -0.0723. The van der Waals surface area contributed by atoms with Crippen LogP contribution in [0.25, 0.3) is 0 Å². The molecule has 1 N–H and O–H groups in total. The monoisotopic (exact) mass is 392 g/mol. The predicted octanol–water partition coefficient (Wildman–Crippen LogP) is 4.13. The molecule has 0 bridgehead atoms. The molecule has 1 saturated heterocycles. The Balaban J connectivity index is 1.73. The lowest BCUT2D eigenvalue weighted by atomic mass is 10.2. The molecule has 140 valence electrons. The van der Waals surface area contributed by atoms with Crippen molar-refractivity contribution >= 4 is 33.0 Å². The maximum Gasteiger partial charge on any atom is 0.271 e. The molecular weight excluding hydrogens is 368 g/mol. The predicted molar refractivity (Wildman–Crippen MR) is 105 cm³/mol. The molecule has 1 aromatic heterocycles. The number of anilines is 1. The minimum absolute atomic E-state index is 0.0723. The number of aryl methyl sites for hydroxylation is 1.